The van der Waals surface area contributed by atoms with Crippen molar-refractivity contribution in [2.45, 2.75) is 159 Å². The molecule has 396 valence electrons. The Morgan fingerprint density at radius 2 is 1.15 bits per heavy atom. The van der Waals surface area contributed by atoms with E-state index in [1.54, 1.807) is 11.8 Å². The number of ether oxygens (including phenoxy) is 1. The Bertz CT molecular complexity index is 2130. The number of carbonyl (C=O) groups excluding carboxylic acids is 9. The quantitative estimate of drug-likeness (QED) is 0.102. The van der Waals surface area contributed by atoms with Crippen LogP contribution in [0.3, 0.4) is 0 Å². The van der Waals surface area contributed by atoms with Crippen LogP contribution in [0.2, 0.25) is 0 Å². The molecule has 4 atom stereocenters. The molecule has 0 aromatic heterocycles. The molecule has 0 spiro atoms. The molecule has 21 nitrogen and oxygen atoms in total. The number of oxime groups is 2. The molecule has 6 aliphatic heterocycles. The first-order valence-corrected chi connectivity index (χ1v) is 22.7. The number of rotatable bonds is 11. The molecule has 29 heteroatoms. The highest BCUT2D eigenvalue weighted by atomic mass is 35.5. The molecular formula is C42H52Cl2F6N6O15. The number of carbonyl (C=O) groups is 9. The number of hydrogen-bond donors (Lipinski definition) is 1. The van der Waals surface area contributed by atoms with E-state index in [2.05, 4.69) is 44.9 Å². The van der Waals surface area contributed by atoms with Crippen LogP contribution in [-0.4, -0.2) is 140 Å². The Morgan fingerprint density at radius 1 is 0.704 bits per heavy atom. The summed E-state index contributed by atoms with van der Waals surface area (Å²) in [6.07, 6.45) is 1.85. The van der Waals surface area contributed by atoms with Crippen molar-refractivity contribution in [2.24, 2.45) is 10.3 Å². The van der Waals surface area contributed by atoms with Gasteiger partial charge < -0.3 is 39.3 Å². The minimum atomic E-state index is -5.19. The van der Waals surface area contributed by atoms with Gasteiger partial charge in [0.15, 0.2) is 4.84 Å². The second-order valence-electron chi connectivity index (χ2n) is 17.2. The number of allylic oxidation sites excluding steroid dienone is 2. The minimum Gasteiger partial charge on any atom is -0.542 e. The third-order valence-corrected chi connectivity index (χ3v) is 11.1. The maximum absolute atomic E-state index is 12.8. The van der Waals surface area contributed by atoms with Crippen LogP contribution in [-0.2, 0) is 62.4 Å². The van der Waals surface area contributed by atoms with Gasteiger partial charge in [-0.2, -0.15) is 26.3 Å². The predicted molar refractivity (Wildman–Crippen MR) is 228 cm³/mol. The predicted octanol–water partition coefficient (Wildman–Crippen LogP) is 3.50. The van der Waals surface area contributed by atoms with Gasteiger partial charge in [0.2, 0.25) is 13.2 Å². The average Bonchev–Trinajstić information content (AvgIpc) is 3.97. The number of Topliss-reactive ketones (excluding diaryl/α,β-unsaturated/α-hetero) is 1. The number of nitrogens with two attached hydrogens (primary N) is 1. The molecule has 0 aromatic rings. The van der Waals surface area contributed by atoms with E-state index >= 15 is 0 Å². The van der Waals surface area contributed by atoms with Crippen molar-refractivity contribution in [3.05, 3.63) is 23.3 Å². The number of ketones is 1. The molecule has 0 radical (unpaired) electrons. The van der Waals surface area contributed by atoms with E-state index in [1.807, 2.05) is 33.8 Å². The Hall–Kier alpha value is -5.83. The first-order chi connectivity index (χ1) is 32.9. The van der Waals surface area contributed by atoms with Gasteiger partial charge in [-0.1, -0.05) is 45.7 Å². The minimum absolute atomic E-state index is 0.0227. The molecule has 6 rings (SSSR count). The third kappa shape index (κ3) is 18.7. The number of aliphatic carboxylic acids is 1. The molecule has 2 unspecified atom stereocenters. The van der Waals surface area contributed by atoms with Gasteiger partial charge in [0.05, 0.1) is 23.5 Å². The Labute approximate surface area is 411 Å². The monoisotopic (exact) mass is 1060 g/mol. The number of fused-ring (bicyclic) bond motifs is 4. The lowest BCUT2D eigenvalue weighted by Gasteiger charge is -2.32. The molecule has 5 amide bonds. The summed E-state index contributed by atoms with van der Waals surface area (Å²) in [4.78, 5) is 120. The van der Waals surface area contributed by atoms with Crippen LogP contribution in [0.1, 0.15) is 112 Å². The van der Waals surface area contributed by atoms with E-state index in [1.165, 1.54) is 12.8 Å². The first kappa shape index (κ1) is 59.5. The van der Waals surface area contributed by atoms with Gasteiger partial charge in [-0.05, 0) is 72.3 Å². The van der Waals surface area contributed by atoms with Crippen molar-refractivity contribution in [2.75, 3.05) is 13.2 Å². The van der Waals surface area contributed by atoms with Crippen molar-refractivity contribution in [3.63, 3.8) is 0 Å². The normalized spacial score (nSPS) is 22.4. The largest absolute Gasteiger partial charge is 0.542 e. The Kier molecular flexibility index (Phi) is 21.8. The average molecular weight is 1070 g/mol. The Morgan fingerprint density at radius 3 is 1.58 bits per heavy atom. The molecule has 2 N–H and O–H groups in total. The smallest absolute Gasteiger partial charge is 0.452 e. The number of carboxylic acids is 1. The summed E-state index contributed by atoms with van der Waals surface area (Å²) < 4.78 is 70.7. The van der Waals surface area contributed by atoms with E-state index in [0.29, 0.717) is 27.9 Å². The van der Waals surface area contributed by atoms with Crippen LogP contribution in [0.5, 0.6) is 0 Å². The van der Waals surface area contributed by atoms with Crippen LogP contribution in [0, 0.1) is 0 Å². The van der Waals surface area contributed by atoms with Gasteiger partial charge >= 0.3 is 30.4 Å². The highest BCUT2D eigenvalue weighted by molar-refractivity contribution is 6.54. The van der Waals surface area contributed by atoms with Crippen molar-refractivity contribution in [1.82, 2.24) is 15.0 Å². The van der Waals surface area contributed by atoms with Crippen LogP contribution >= 0.6 is 23.2 Å². The molecule has 4 fully saturated rings. The lowest BCUT2D eigenvalue weighted by atomic mass is 9.97. The molecule has 0 aromatic carbocycles. The SMILES string of the molecule is C/C(=N\OCC(=O)ON1C(=O)CCC1=O)C1=CCC[C@H]2CCC1N2C(=O)OC(C)(C)C.C/C(=N\OCC(=O)ON1C(=O)CCC1=O)C1=CCC[C@H]2CCC1[NH2+]2.O=C(C(Cl)Cl)C(F)(F)F.O=C([O-])C(F)(F)F. The number of hydroxylamine groups is 4. The summed E-state index contributed by atoms with van der Waals surface area (Å²) in [6, 6.07) is 1.06. The molecule has 6 heterocycles. The second-order valence-corrected chi connectivity index (χ2v) is 18.3. The maximum atomic E-state index is 12.8. The van der Waals surface area contributed by atoms with Crippen molar-refractivity contribution < 1.29 is 104 Å². The van der Waals surface area contributed by atoms with Crippen molar-refractivity contribution in [1.29, 1.82) is 0 Å². The number of alkyl halides is 8. The van der Waals surface area contributed by atoms with Crippen LogP contribution in [0.25, 0.3) is 0 Å². The zero-order valence-corrected chi connectivity index (χ0v) is 40.4. The number of halogens is 8. The number of nitrogens with zero attached hydrogens (tertiary/aromatic N) is 5. The molecular weight excluding hydrogens is 1010 g/mol. The lowest BCUT2D eigenvalue weighted by molar-refractivity contribution is -0.692. The standard InChI is InChI=1S/C21H29N3O7.C16H21N3O5.C3HCl2F3O.C2HF3O2/c1-13(22-29-12-19(27)31-24-17(25)10-11-18(24)26)15-7-5-6-14-8-9-16(15)23(14)20(28)30-21(2,3)4;1-10(12-4-2-3-11-5-6-13(12)17-11)18-23-9-16(22)24-19-14(20)7-8-15(19)21;4-2(5)1(9)3(6,7)8;3-2(4,5)1(6)7/h7,14,16H,5-6,8-12H2,1-4H3;4,11,13,17H,2-3,5-9H2,1H3;2H;(H,6,7)/b22-13+;18-10+;;/t14-,16?;11-,13?;;/m00../s1. The van der Waals surface area contributed by atoms with Gasteiger partial charge in [-0.15, -0.1) is 10.1 Å². The molecule has 4 saturated heterocycles. The summed E-state index contributed by atoms with van der Waals surface area (Å²) in [5.74, 6) is -8.99. The molecule has 0 saturated carbocycles. The van der Waals surface area contributed by atoms with Crippen LogP contribution < -0.4 is 10.4 Å². The molecule has 6 aliphatic rings. The lowest BCUT2D eigenvalue weighted by Crippen LogP contribution is -2.91. The fraction of sp³-hybridized carbons (Fsp3) is 0.643. The van der Waals surface area contributed by atoms with Gasteiger partial charge in [0, 0.05) is 56.6 Å². The number of carboxylic acid groups (broad SMARTS) is 1. The van der Waals surface area contributed by atoms with E-state index < -0.39 is 83.3 Å². The highest BCUT2D eigenvalue weighted by Crippen LogP contribution is 2.36. The third-order valence-electron chi connectivity index (χ3n) is 10.7. The van der Waals surface area contributed by atoms with E-state index in [9.17, 15) is 64.7 Å². The first-order valence-electron chi connectivity index (χ1n) is 21.8. The number of amides is 5. The number of hydrogen-bond acceptors (Lipinski definition) is 17. The van der Waals surface area contributed by atoms with Crippen molar-refractivity contribution in [3.8, 4) is 0 Å². The van der Waals surface area contributed by atoms with E-state index in [0.717, 1.165) is 55.4 Å². The number of quaternary nitrogens is 1. The Balaban J connectivity index is 0.000000292. The van der Waals surface area contributed by atoms with E-state index in [-0.39, 0.29) is 43.9 Å². The van der Waals surface area contributed by atoms with Gasteiger partial charge in [-0.25, -0.2) is 14.4 Å². The zero-order chi connectivity index (χ0) is 53.6. The number of imide groups is 2. The maximum Gasteiger partial charge on any atom is 0.452 e. The van der Waals surface area contributed by atoms with Gasteiger partial charge in [-0.3, -0.25) is 28.9 Å². The fourth-order valence-electron chi connectivity index (χ4n) is 7.62. The molecule has 4 bridgehead atoms. The van der Waals surface area contributed by atoms with E-state index in [4.69, 9.17) is 34.0 Å². The summed E-state index contributed by atoms with van der Waals surface area (Å²) in [5.41, 5.74) is 2.73. The summed E-state index contributed by atoms with van der Waals surface area (Å²) in [6.45, 7) is 8.12. The summed E-state index contributed by atoms with van der Waals surface area (Å²) >= 11 is 9.22. The summed E-state index contributed by atoms with van der Waals surface area (Å²) in [7, 11) is 0. The van der Waals surface area contributed by atoms with Crippen LogP contribution in [0.15, 0.2) is 33.6 Å². The second kappa shape index (κ2) is 26.0. The molecule has 0 aliphatic carbocycles. The topological polar surface area (TPSA) is 274 Å². The van der Waals surface area contributed by atoms with Crippen LogP contribution in [0.4, 0.5) is 31.1 Å². The summed E-state index contributed by atoms with van der Waals surface area (Å²) in [5, 5.41) is 20.1. The van der Waals surface area contributed by atoms with Gasteiger partial charge in [0.25, 0.3) is 29.4 Å². The van der Waals surface area contributed by atoms with Gasteiger partial charge in [0.1, 0.15) is 17.6 Å². The highest BCUT2D eigenvalue weighted by Gasteiger charge is 2.44. The van der Waals surface area contributed by atoms with Crippen molar-refractivity contribution >= 4 is 88.0 Å². The fourth-order valence-corrected chi connectivity index (χ4v) is 7.87. The zero-order valence-electron chi connectivity index (χ0n) is 38.9. The molecule has 71 heavy (non-hydrogen) atoms.